The van der Waals surface area contributed by atoms with Crippen LogP contribution in [0.15, 0.2) is 24.3 Å². The minimum atomic E-state index is -1.09. The first-order chi connectivity index (χ1) is 8.78. The molecule has 4 nitrogen and oxygen atoms in total. The van der Waals surface area contributed by atoms with Crippen molar-refractivity contribution in [3.05, 3.63) is 35.4 Å². The van der Waals surface area contributed by atoms with E-state index >= 15 is 0 Å². The molecule has 0 heterocycles. The molecular formula is C15H20O4. The third-order valence-electron chi connectivity index (χ3n) is 3.65. The number of rotatable bonds is 6. The highest BCUT2D eigenvalue weighted by atomic mass is 16.4. The molecule has 1 aromatic carbocycles. The van der Waals surface area contributed by atoms with Crippen LogP contribution in [0.1, 0.15) is 38.3 Å². The lowest BCUT2D eigenvalue weighted by Gasteiger charge is -2.31. The van der Waals surface area contributed by atoms with E-state index in [1.807, 2.05) is 31.2 Å². The lowest BCUT2D eigenvalue weighted by molar-refractivity contribution is -0.150. The minimum Gasteiger partial charge on any atom is -0.481 e. The maximum Gasteiger partial charge on any atom is 0.307 e. The van der Waals surface area contributed by atoms with E-state index in [4.69, 9.17) is 5.11 Å². The van der Waals surface area contributed by atoms with Crippen LogP contribution in [0.2, 0.25) is 0 Å². The molecule has 2 N–H and O–H groups in total. The summed E-state index contributed by atoms with van der Waals surface area (Å²) in [7, 11) is 0. The summed E-state index contributed by atoms with van der Waals surface area (Å²) < 4.78 is 0. The van der Waals surface area contributed by atoms with Gasteiger partial charge >= 0.3 is 11.9 Å². The number of aliphatic carboxylic acids is 2. The van der Waals surface area contributed by atoms with Crippen LogP contribution in [-0.2, 0) is 21.4 Å². The van der Waals surface area contributed by atoms with Crippen LogP contribution in [-0.4, -0.2) is 22.2 Å². The summed E-state index contributed by atoms with van der Waals surface area (Å²) in [5, 5.41) is 18.1. The lowest BCUT2D eigenvalue weighted by atomic mass is 9.72. The van der Waals surface area contributed by atoms with E-state index in [-0.39, 0.29) is 6.42 Å². The van der Waals surface area contributed by atoms with Gasteiger partial charge < -0.3 is 10.2 Å². The molecule has 0 aliphatic rings. The number of aryl methyl sites for hydroxylation is 1. The number of hydrogen-bond donors (Lipinski definition) is 2. The van der Waals surface area contributed by atoms with Gasteiger partial charge in [-0.25, -0.2) is 0 Å². The van der Waals surface area contributed by atoms with Crippen molar-refractivity contribution in [2.24, 2.45) is 5.92 Å². The van der Waals surface area contributed by atoms with Gasteiger partial charge in [-0.2, -0.15) is 0 Å². The molecule has 0 bridgehead atoms. The Morgan fingerprint density at radius 1 is 1.16 bits per heavy atom. The van der Waals surface area contributed by atoms with Crippen LogP contribution in [0.3, 0.4) is 0 Å². The summed E-state index contributed by atoms with van der Waals surface area (Å²) in [5.74, 6) is -3.12. The largest absolute Gasteiger partial charge is 0.481 e. The molecule has 0 aliphatic heterocycles. The van der Waals surface area contributed by atoms with Gasteiger partial charge in [-0.3, -0.25) is 9.59 Å². The predicted molar refractivity (Wildman–Crippen MR) is 72.2 cm³/mol. The Kier molecular flexibility index (Phi) is 4.70. The topological polar surface area (TPSA) is 74.6 Å². The Morgan fingerprint density at radius 2 is 1.68 bits per heavy atom. The Bertz CT molecular complexity index is 460. The summed E-state index contributed by atoms with van der Waals surface area (Å²) >= 11 is 0. The van der Waals surface area contributed by atoms with Crippen molar-refractivity contribution in [3.63, 3.8) is 0 Å². The normalized spacial score (nSPS) is 13.0. The van der Waals surface area contributed by atoms with Gasteiger partial charge in [-0.15, -0.1) is 0 Å². The fourth-order valence-corrected chi connectivity index (χ4v) is 2.20. The average molecular weight is 264 g/mol. The Labute approximate surface area is 113 Å². The number of carbonyl (C=O) groups is 2. The van der Waals surface area contributed by atoms with E-state index in [9.17, 15) is 14.7 Å². The van der Waals surface area contributed by atoms with Gasteiger partial charge in [0.25, 0.3) is 0 Å². The third kappa shape index (κ3) is 3.56. The molecule has 19 heavy (non-hydrogen) atoms. The lowest BCUT2D eigenvalue weighted by Crippen LogP contribution is -2.36. The van der Waals surface area contributed by atoms with Gasteiger partial charge in [0.2, 0.25) is 0 Å². The Hall–Kier alpha value is -1.84. The first kappa shape index (κ1) is 15.2. The van der Waals surface area contributed by atoms with E-state index in [0.29, 0.717) is 0 Å². The van der Waals surface area contributed by atoms with Crippen molar-refractivity contribution in [1.29, 1.82) is 0 Å². The van der Waals surface area contributed by atoms with Crippen molar-refractivity contribution in [2.75, 3.05) is 0 Å². The fraction of sp³-hybridized carbons (Fsp3) is 0.467. The maximum atomic E-state index is 11.3. The second-order valence-electron chi connectivity index (χ2n) is 5.26. The molecule has 0 saturated heterocycles. The van der Waals surface area contributed by atoms with Crippen LogP contribution >= 0.6 is 0 Å². The van der Waals surface area contributed by atoms with Crippen molar-refractivity contribution < 1.29 is 19.8 Å². The molecule has 104 valence electrons. The maximum absolute atomic E-state index is 11.3. The van der Waals surface area contributed by atoms with Crippen molar-refractivity contribution in [1.82, 2.24) is 0 Å². The molecule has 1 atom stereocenters. The third-order valence-corrected chi connectivity index (χ3v) is 3.65. The summed E-state index contributed by atoms with van der Waals surface area (Å²) in [6, 6.07) is 7.68. The van der Waals surface area contributed by atoms with Gasteiger partial charge in [-0.1, -0.05) is 45.0 Å². The molecular weight excluding hydrogens is 244 g/mol. The second kappa shape index (κ2) is 5.87. The molecule has 4 heteroatoms. The SMILES string of the molecule is CCc1ccc(C(C)(C)C(CC(=O)O)C(=O)O)cc1. The van der Waals surface area contributed by atoms with E-state index in [0.717, 1.165) is 12.0 Å². The van der Waals surface area contributed by atoms with Crippen LogP contribution in [0, 0.1) is 5.92 Å². The average Bonchev–Trinajstić information content (AvgIpc) is 2.35. The van der Waals surface area contributed by atoms with Crippen LogP contribution in [0.4, 0.5) is 0 Å². The molecule has 0 fully saturated rings. The van der Waals surface area contributed by atoms with Gasteiger partial charge in [0, 0.05) is 5.41 Å². The first-order valence-corrected chi connectivity index (χ1v) is 6.33. The summed E-state index contributed by atoms with van der Waals surface area (Å²) in [6.45, 7) is 5.59. The predicted octanol–water partition coefficient (Wildman–Crippen LogP) is 2.70. The molecule has 1 unspecified atom stereocenters. The molecule has 0 aromatic heterocycles. The highest BCUT2D eigenvalue weighted by molar-refractivity contribution is 5.79. The van der Waals surface area contributed by atoms with Gasteiger partial charge in [0.15, 0.2) is 0 Å². The number of carboxylic acid groups (broad SMARTS) is 2. The zero-order valence-electron chi connectivity index (χ0n) is 11.5. The molecule has 0 radical (unpaired) electrons. The second-order valence-corrected chi connectivity index (χ2v) is 5.26. The quantitative estimate of drug-likeness (QED) is 0.828. The molecule has 0 spiro atoms. The number of hydrogen-bond acceptors (Lipinski definition) is 2. The molecule has 0 saturated carbocycles. The number of carboxylic acids is 2. The van der Waals surface area contributed by atoms with Gasteiger partial charge in [-0.05, 0) is 17.5 Å². The fourth-order valence-electron chi connectivity index (χ4n) is 2.20. The summed E-state index contributed by atoms with van der Waals surface area (Å²) in [5.41, 5.74) is 1.29. The van der Waals surface area contributed by atoms with Gasteiger partial charge in [0.05, 0.1) is 12.3 Å². The molecule has 1 rings (SSSR count). The first-order valence-electron chi connectivity index (χ1n) is 6.33. The van der Waals surface area contributed by atoms with Crippen LogP contribution < -0.4 is 0 Å². The number of benzene rings is 1. The van der Waals surface area contributed by atoms with Crippen LogP contribution in [0.25, 0.3) is 0 Å². The summed E-state index contributed by atoms with van der Waals surface area (Å²) in [4.78, 5) is 22.1. The highest BCUT2D eigenvalue weighted by Gasteiger charge is 2.38. The van der Waals surface area contributed by atoms with E-state index < -0.39 is 23.3 Å². The zero-order valence-corrected chi connectivity index (χ0v) is 11.5. The molecule has 0 amide bonds. The highest BCUT2D eigenvalue weighted by Crippen LogP contribution is 2.34. The van der Waals surface area contributed by atoms with Gasteiger partial charge in [0.1, 0.15) is 0 Å². The summed E-state index contributed by atoms with van der Waals surface area (Å²) in [6.07, 6.45) is 0.538. The Balaban J connectivity index is 3.09. The zero-order chi connectivity index (χ0) is 14.6. The standard InChI is InChI=1S/C15H20O4/c1-4-10-5-7-11(8-6-10)15(2,3)12(14(18)19)9-13(16)17/h5-8,12H,4,9H2,1-3H3,(H,16,17)(H,18,19). The van der Waals surface area contributed by atoms with E-state index in [1.165, 1.54) is 5.56 Å². The monoisotopic (exact) mass is 264 g/mol. The molecule has 0 aliphatic carbocycles. The minimum absolute atomic E-state index is 0.377. The molecule has 1 aromatic rings. The van der Waals surface area contributed by atoms with E-state index in [1.54, 1.807) is 13.8 Å². The smallest absolute Gasteiger partial charge is 0.307 e. The van der Waals surface area contributed by atoms with Crippen molar-refractivity contribution >= 4 is 11.9 Å². The Morgan fingerprint density at radius 3 is 2.05 bits per heavy atom. The van der Waals surface area contributed by atoms with Crippen LogP contribution in [0.5, 0.6) is 0 Å². The van der Waals surface area contributed by atoms with Crippen molar-refractivity contribution in [2.45, 2.75) is 39.0 Å². The van der Waals surface area contributed by atoms with E-state index in [2.05, 4.69) is 0 Å². The van der Waals surface area contributed by atoms with Crippen molar-refractivity contribution in [3.8, 4) is 0 Å².